The molecular formula is C16H21N3O3. The summed E-state index contributed by atoms with van der Waals surface area (Å²) in [6.07, 6.45) is 0.928. The summed E-state index contributed by atoms with van der Waals surface area (Å²) >= 11 is 0. The second-order valence-electron chi connectivity index (χ2n) is 5.70. The molecule has 0 aliphatic carbocycles. The molecule has 2 fully saturated rings. The number of rotatable bonds is 3. The van der Waals surface area contributed by atoms with E-state index in [2.05, 4.69) is 5.32 Å². The Bertz CT molecular complexity index is 549. The van der Waals surface area contributed by atoms with Crippen LogP contribution in [0.15, 0.2) is 30.3 Å². The Morgan fingerprint density at radius 3 is 2.77 bits per heavy atom. The molecule has 0 aromatic heterocycles. The lowest BCUT2D eigenvalue weighted by atomic mass is 10.0. The molecule has 2 heterocycles. The summed E-state index contributed by atoms with van der Waals surface area (Å²) in [5, 5.41) is 2.83. The molecule has 22 heavy (non-hydrogen) atoms. The van der Waals surface area contributed by atoms with Crippen LogP contribution in [0.25, 0.3) is 0 Å². The van der Waals surface area contributed by atoms with E-state index in [1.807, 2.05) is 30.3 Å². The van der Waals surface area contributed by atoms with Crippen molar-refractivity contribution in [1.82, 2.24) is 10.2 Å². The largest absolute Gasteiger partial charge is 0.364 e. The molecule has 0 radical (unpaired) electrons. The molecule has 2 saturated heterocycles. The van der Waals surface area contributed by atoms with E-state index < -0.39 is 12.1 Å². The van der Waals surface area contributed by atoms with Crippen molar-refractivity contribution in [2.45, 2.75) is 31.1 Å². The fourth-order valence-electron chi connectivity index (χ4n) is 3.12. The van der Waals surface area contributed by atoms with Gasteiger partial charge in [0.2, 0.25) is 5.91 Å². The van der Waals surface area contributed by atoms with Crippen LogP contribution in [0.5, 0.6) is 0 Å². The summed E-state index contributed by atoms with van der Waals surface area (Å²) in [6.45, 7) is 1.39. The van der Waals surface area contributed by atoms with Crippen LogP contribution in [-0.2, 0) is 14.3 Å². The van der Waals surface area contributed by atoms with Crippen LogP contribution < -0.4 is 11.1 Å². The third-order valence-electron chi connectivity index (χ3n) is 4.26. The topological polar surface area (TPSA) is 84.7 Å². The van der Waals surface area contributed by atoms with E-state index >= 15 is 0 Å². The molecule has 2 aliphatic rings. The number of nitrogens with one attached hydrogen (secondary N) is 1. The Morgan fingerprint density at radius 2 is 2.09 bits per heavy atom. The van der Waals surface area contributed by atoms with Crippen molar-refractivity contribution in [2.75, 3.05) is 19.6 Å². The molecule has 3 N–H and O–H groups in total. The first-order chi connectivity index (χ1) is 10.7. The fraction of sp³-hybridized carbons (Fsp3) is 0.500. The SMILES string of the molecule is NC[C@H]1CC[C@@H](C(=O)N2CCNC(=O)C2c2ccccc2)O1. The molecule has 6 nitrogen and oxygen atoms in total. The van der Waals surface area contributed by atoms with Gasteiger partial charge >= 0.3 is 0 Å². The van der Waals surface area contributed by atoms with E-state index in [0.717, 1.165) is 12.0 Å². The molecule has 118 valence electrons. The predicted octanol–water partition coefficient (Wildman–Crippen LogP) is 0.192. The fourth-order valence-corrected chi connectivity index (χ4v) is 3.12. The van der Waals surface area contributed by atoms with Gasteiger partial charge in [-0.2, -0.15) is 0 Å². The summed E-state index contributed by atoms with van der Waals surface area (Å²) in [4.78, 5) is 26.7. The van der Waals surface area contributed by atoms with Crippen LogP contribution in [0.4, 0.5) is 0 Å². The van der Waals surface area contributed by atoms with Gasteiger partial charge in [0.1, 0.15) is 12.1 Å². The molecule has 3 rings (SSSR count). The minimum absolute atomic E-state index is 0.0530. The van der Waals surface area contributed by atoms with Crippen molar-refractivity contribution in [1.29, 1.82) is 0 Å². The van der Waals surface area contributed by atoms with Gasteiger partial charge in [0, 0.05) is 19.6 Å². The van der Waals surface area contributed by atoms with Gasteiger partial charge in [0.25, 0.3) is 5.91 Å². The molecule has 0 saturated carbocycles. The Balaban J connectivity index is 1.81. The van der Waals surface area contributed by atoms with Gasteiger partial charge in [-0.1, -0.05) is 30.3 Å². The van der Waals surface area contributed by atoms with E-state index in [1.165, 1.54) is 0 Å². The molecule has 3 atom stereocenters. The molecule has 0 bridgehead atoms. The third-order valence-corrected chi connectivity index (χ3v) is 4.26. The number of amides is 2. The monoisotopic (exact) mass is 303 g/mol. The van der Waals surface area contributed by atoms with Gasteiger partial charge in [0.05, 0.1) is 6.10 Å². The second-order valence-corrected chi connectivity index (χ2v) is 5.70. The highest BCUT2D eigenvalue weighted by atomic mass is 16.5. The van der Waals surface area contributed by atoms with E-state index in [4.69, 9.17) is 10.5 Å². The van der Waals surface area contributed by atoms with Gasteiger partial charge in [-0.05, 0) is 18.4 Å². The van der Waals surface area contributed by atoms with E-state index in [-0.39, 0.29) is 17.9 Å². The lowest BCUT2D eigenvalue weighted by Gasteiger charge is -2.36. The number of nitrogens with zero attached hydrogens (tertiary/aromatic N) is 1. The summed E-state index contributed by atoms with van der Waals surface area (Å²) in [5.74, 6) is -0.251. The van der Waals surface area contributed by atoms with Crippen LogP contribution in [0.2, 0.25) is 0 Å². The summed E-state index contributed by atoms with van der Waals surface area (Å²) < 4.78 is 5.70. The highest BCUT2D eigenvalue weighted by Gasteiger charge is 2.40. The Hall–Kier alpha value is -1.92. The molecule has 2 amide bonds. The molecule has 1 aromatic rings. The zero-order valence-corrected chi connectivity index (χ0v) is 12.4. The third kappa shape index (κ3) is 2.84. The van der Waals surface area contributed by atoms with Gasteiger partial charge in [-0.25, -0.2) is 0 Å². The average molecular weight is 303 g/mol. The van der Waals surface area contributed by atoms with Crippen molar-refractivity contribution >= 4 is 11.8 Å². The van der Waals surface area contributed by atoms with Crippen molar-refractivity contribution in [2.24, 2.45) is 5.73 Å². The lowest BCUT2D eigenvalue weighted by Crippen LogP contribution is -2.54. The maximum absolute atomic E-state index is 12.8. The van der Waals surface area contributed by atoms with Gasteiger partial charge in [-0.15, -0.1) is 0 Å². The maximum Gasteiger partial charge on any atom is 0.252 e. The van der Waals surface area contributed by atoms with Crippen LogP contribution in [0, 0.1) is 0 Å². The normalized spacial score (nSPS) is 28.5. The highest BCUT2D eigenvalue weighted by Crippen LogP contribution is 2.27. The van der Waals surface area contributed by atoms with Gasteiger partial charge < -0.3 is 20.7 Å². The van der Waals surface area contributed by atoms with E-state index in [9.17, 15) is 9.59 Å². The minimum Gasteiger partial charge on any atom is -0.364 e. The van der Waals surface area contributed by atoms with Crippen molar-refractivity contribution in [3.05, 3.63) is 35.9 Å². The van der Waals surface area contributed by atoms with Crippen LogP contribution in [-0.4, -0.2) is 48.6 Å². The number of piperazine rings is 1. The maximum atomic E-state index is 12.8. The van der Waals surface area contributed by atoms with Crippen molar-refractivity contribution < 1.29 is 14.3 Å². The van der Waals surface area contributed by atoms with E-state index in [0.29, 0.717) is 26.1 Å². The lowest BCUT2D eigenvalue weighted by molar-refractivity contribution is -0.151. The number of benzene rings is 1. The summed E-state index contributed by atoms with van der Waals surface area (Å²) in [7, 11) is 0. The number of carbonyl (C=O) groups is 2. The van der Waals surface area contributed by atoms with Crippen LogP contribution in [0.1, 0.15) is 24.4 Å². The Kier molecular flexibility index (Phi) is 4.40. The molecule has 1 aromatic carbocycles. The number of carbonyl (C=O) groups excluding carboxylic acids is 2. The highest BCUT2D eigenvalue weighted by molar-refractivity contribution is 5.91. The van der Waals surface area contributed by atoms with Crippen LogP contribution in [0.3, 0.4) is 0 Å². The van der Waals surface area contributed by atoms with Gasteiger partial charge in [-0.3, -0.25) is 9.59 Å². The van der Waals surface area contributed by atoms with E-state index in [1.54, 1.807) is 4.90 Å². The smallest absolute Gasteiger partial charge is 0.252 e. The first-order valence-electron chi connectivity index (χ1n) is 7.69. The molecular weight excluding hydrogens is 282 g/mol. The van der Waals surface area contributed by atoms with Crippen molar-refractivity contribution in [3.8, 4) is 0 Å². The molecule has 2 aliphatic heterocycles. The summed E-state index contributed by atoms with van der Waals surface area (Å²) in [5.41, 5.74) is 6.42. The van der Waals surface area contributed by atoms with Crippen LogP contribution >= 0.6 is 0 Å². The molecule has 6 heteroatoms. The molecule has 1 unspecified atom stereocenters. The number of nitrogens with two attached hydrogens (primary N) is 1. The summed E-state index contributed by atoms with van der Waals surface area (Å²) in [6, 6.07) is 8.79. The van der Waals surface area contributed by atoms with Gasteiger partial charge in [0.15, 0.2) is 0 Å². The first-order valence-corrected chi connectivity index (χ1v) is 7.69. The number of ether oxygens (including phenoxy) is 1. The Morgan fingerprint density at radius 1 is 1.32 bits per heavy atom. The number of hydrogen-bond donors (Lipinski definition) is 2. The second kappa shape index (κ2) is 6.46. The quantitative estimate of drug-likeness (QED) is 0.835. The van der Waals surface area contributed by atoms with Crippen molar-refractivity contribution in [3.63, 3.8) is 0 Å². The number of hydrogen-bond acceptors (Lipinski definition) is 4. The zero-order valence-electron chi connectivity index (χ0n) is 12.4. The first kappa shape index (κ1) is 15.0. The standard InChI is InChI=1S/C16H21N3O3/c17-10-12-6-7-13(22-12)16(21)19-9-8-18-15(20)14(19)11-4-2-1-3-5-11/h1-5,12-14H,6-10,17H2,(H,18,20)/t12-,13+,14?/m1/s1. The average Bonchev–Trinajstić information content (AvgIpc) is 3.04. The zero-order chi connectivity index (χ0) is 15.5. The predicted molar refractivity (Wildman–Crippen MR) is 80.9 cm³/mol. The minimum atomic E-state index is -0.581. The Labute approximate surface area is 129 Å². The molecule has 0 spiro atoms.